The van der Waals surface area contributed by atoms with Crippen molar-refractivity contribution in [1.82, 2.24) is 5.01 Å². The molecule has 0 radical (unpaired) electrons. The number of carbonyl (C=O) groups excluding carboxylic acids is 2. The topological polar surface area (TPSA) is 101 Å². The minimum Gasteiger partial charge on any atom is -0.497 e. The Hall–Kier alpha value is -3.59. The Morgan fingerprint density at radius 3 is 2.69 bits per heavy atom. The highest BCUT2D eigenvalue weighted by molar-refractivity contribution is 7.12. The highest BCUT2D eigenvalue weighted by Crippen LogP contribution is 2.34. The molecule has 1 aliphatic rings. The number of methoxy groups -OCH3 is 1. The Balaban J connectivity index is 1.58. The lowest BCUT2D eigenvalue weighted by atomic mass is 10.1. The molecule has 0 spiro atoms. The van der Waals surface area contributed by atoms with E-state index in [0.29, 0.717) is 24.5 Å². The maximum absolute atomic E-state index is 13.4. The first-order valence-electron chi connectivity index (χ1n) is 10.2. The number of hydrazone groups is 1. The summed E-state index contributed by atoms with van der Waals surface area (Å²) < 4.78 is 10.8. The second kappa shape index (κ2) is 9.69. The number of hydrogen-bond acceptors (Lipinski definition) is 7. The molecule has 32 heavy (non-hydrogen) atoms. The Morgan fingerprint density at radius 2 is 2.06 bits per heavy atom. The molecule has 2 amide bonds. The molecule has 0 saturated carbocycles. The molecule has 2 aromatic heterocycles. The van der Waals surface area contributed by atoms with Crippen LogP contribution in [0.25, 0.3) is 0 Å². The molecule has 3 heterocycles. The van der Waals surface area contributed by atoms with Gasteiger partial charge in [0.2, 0.25) is 5.91 Å². The van der Waals surface area contributed by atoms with Crippen LogP contribution in [0.2, 0.25) is 0 Å². The number of amides is 2. The van der Waals surface area contributed by atoms with Gasteiger partial charge in [-0.1, -0.05) is 6.07 Å². The number of benzene rings is 1. The fraction of sp³-hybridized carbons (Fsp3) is 0.261. The molecule has 2 N–H and O–H groups in total. The zero-order valence-corrected chi connectivity index (χ0v) is 18.5. The number of rotatable bonds is 9. The number of ether oxygens (including phenoxy) is 1. The van der Waals surface area contributed by atoms with Crippen molar-refractivity contribution in [1.29, 1.82) is 0 Å². The molecule has 0 unspecified atom stereocenters. The predicted molar refractivity (Wildman–Crippen MR) is 123 cm³/mol. The van der Waals surface area contributed by atoms with Crippen molar-refractivity contribution >= 4 is 34.6 Å². The number of hydrogen-bond donors (Lipinski definition) is 1. The largest absolute Gasteiger partial charge is 0.497 e. The van der Waals surface area contributed by atoms with Gasteiger partial charge in [0.25, 0.3) is 5.91 Å². The van der Waals surface area contributed by atoms with Crippen LogP contribution in [0.3, 0.4) is 0 Å². The zero-order chi connectivity index (χ0) is 22.5. The number of carbonyl (C=O) groups is 2. The van der Waals surface area contributed by atoms with Crippen LogP contribution < -0.4 is 15.4 Å². The summed E-state index contributed by atoms with van der Waals surface area (Å²) in [5.74, 6) is 0.765. The molecule has 9 heteroatoms. The zero-order valence-electron chi connectivity index (χ0n) is 17.6. The first kappa shape index (κ1) is 21.6. The van der Waals surface area contributed by atoms with E-state index in [1.807, 2.05) is 52.7 Å². The van der Waals surface area contributed by atoms with Crippen LogP contribution in [0.1, 0.15) is 29.5 Å². The van der Waals surface area contributed by atoms with Crippen molar-refractivity contribution in [2.75, 3.05) is 25.1 Å². The summed E-state index contributed by atoms with van der Waals surface area (Å²) in [5.41, 5.74) is 7.00. The molecule has 1 atom stereocenters. The Morgan fingerprint density at radius 1 is 1.25 bits per heavy atom. The van der Waals surface area contributed by atoms with Gasteiger partial charge in [0.1, 0.15) is 17.6 Å². The monoisotopic (exact) mass is 452 g/mol. The van der Waals surface area contributed by atoms with Crippen LogP contribution in [0.5, 0.6) is 5.75 Å². The summed E-state index contributed by atoms with van der Waals surface area (Å²) in [6.45, 7) is 0.353. The lowest BCUT2D eigenvalue weighted by molar-refractivity contribution is -0.132. The van der Waals surface area contributed by atoms with Crippen LogP contribution in [0.15, 0.2) is 69.7 Å². The number of primary amides is 1. The molecule has 0 saturated heterocycles. The molecule has 3 aromatic rings. The first-order chi connectivity index (χ1) is 15.5. The summed E-state index contributed by atoms with van der Waals surface area (Å²) >= 11 is 1.59. The average Bonchev–Trinajstić information content (AvgIpc) is 3.56. The maximum atomic E-state index is 13.4. The van der Waals surface area contributed by atoms with E-state index < -0.39 is 5.91 Å². The standard InChI is InChI=1S/C23H24N4O4S/c1-30-17-8-6-16(7-9-17)26(11-10-22(24)28)15-23(29)27-19(20-4-2-12-31-20)14-18(25-27)21-5-3-13-32-21/h2-9,12-13,19H,10-11,14-15H2,1H3,(H2,24,28)/t19-/m1/s1. The van der Waals surface area contributed by atoms with Crippen LogP contribution in [-0.4, -0.2) is 42.7 Å². The number of thiophene rings is 1. The van der Waals surface area contributed by atoms with Crippen molar-refractivity contribution in [2.24, 2.45) is 10.8 Å². The first-order valence-corrected chi connectivity index (χ1v) is 11.1. The van der Waals surface area contributed by atoms with Gasteiger partial charge in [0, 0.05) is 25.1 Å². The van der Waals surface area contributed by atoms with Crippen LogP contribution in [0.4, 0.5) is 5.69 Å². The Kier molecular flexibility index (Phi) is 6.55. The number of anilines is 1. The second-order valence-electron chi connectivity index (χ2n) is 7.33. The molecule has 0 bridgehead atoms. The van der Waals surface area contributed by atoms with E-state index in [2.05, 4.69) is 5.10 Å². The van der Waals surface area contributed by atoms with E-state index in [9.17, 15) is 9.59 Å². The summed E-state index contributed by atoms with van der Waals surface area (Å²) in [4.78, 5) is 27.7. The van der Waals surface area contributed by atoms with Gasteiger partial charge < -0.3 is 19.8 Å². The molecular formula is C23H24N4O4S. The van der Waals surface area contributed by atoms with Gasteiger partial charge in [-0.3, -0.25) is 9.59 Å². The Bertz CT molecular complexity index is 1080. The molecular weight excluding hydrogens is 428 g/mol. The molecule has 1 aromatic carbocycles. The van der Waals surface area contributed by atoms with Crippen LogP contribution in [0, 0.1) is 0 Å². The average molecular weight is 453 g/mol. The smallest absolute Gasteiger partial charge is 0.262 e. The minimum absolute atomic E-state index is 0.0397. The number of nitrogens with two attached hydrogens (primary N) is 1. The third-order valence-electron chi connectivity index (χ3n) is 5.23. The summed E-state index contributed by atoms with van der Waals surface area (Å²) in [6, 6.07) is 14.6. The lowest BCUT2D eigenvalue weighted by Gasteiger charge is -2.27. The molecule has 166 valence electrons. The van der Waals surface area contributed by atoms with Gasteiger partial charge in [-0.2, -0.15) is 5.10 Å². The molecule has 0 aliphatic carbocycles. The van der Waals surface area contributed by atoms with Gasteiger partial charge >= 0.3 is 0 Å². The van der Waals surface area contributed by atoms with Gasteiger partial charge in [0.05, 0.1) is 30.5 Å². The van der Waals surface area contributed by atoms with E-state index in [1.54, 1.807) is 30.8 Å². The van der Waals surface area contributed by atoms with E-state index >= 15 is 0 Å². The number of nitrogens with zero attached hydrogens (tertiary/aromatic N) is 3. The van der Waals surface area contributed by atoms with Crippen molar-refractivity contribution in [2.45, 2.75) is 18.9 Å². The quantitative estimate of drug-likeness (QED) is 0.536. The highest BCUT2D eigenvalue weighted by Gasteiger charge is 2.35. The van der Waals surface area contributed by atoms with Gasteiger partial charge in [-0.15, -0.1) is 11.3 Å². The SMILES string of the molecule is COc1ccc(N(CCC(N)=O)CC(=O)N2N=C(c3cccs3)C[C@@H]2c2ccco2)cc1. The van der Waals surface area contributed by atoms with E-state index in [4.69, 9.17) is 14.9 Å². The summed E-state index contributed by atoms with van der Waals surface area (Å²) in [6.07, 6.45) is 2.30. The fourth-order valence-corrected chi connectivity index (χ4v) is 4.33. The maximum Gasteiger partial charge on any atom is 0.262 e. The van der Waals surface area contributed by atoms with Crippen molar-refractivity contribution in [3.8, 4) is 5.75 Å². The third kappa shape index (κ3) is 4.83. The van der Waals surface area contributed by atoms with Gasteiger partial charge in [-0.25, -0.2) is 5.01 Å². The van der Waals surface area contributed by atoms with Crippen molar-refractivity contribution in [3.05, 3.63) is 70.8 Å². The molecule has 8 nitrogen and oxygen atoms in total. The van der Waals surface area contributed by atoms with Gasteiger partial charge in [-0.05, 0) is 47.8 Å². The molecule has 1 aliphatic heterocycles. The van der Waals surface area contributed by atoms with E-state index in [0.717, 1.165) is 16.3 Å². The third-order valence-corrected chi connectivity index (χ3v) is 6.15. The Labute approximate surface area is 189 Å². The normalized spacial score (nSPS) is 15.5. The minimum atomic E-state index is -0.427. The second-order valence-corrected chi connectivity index (χ2v) is 8.28. The summed E-state index contributed by atoms with van der Waals surface area (Å²) in [7, 11) is 1.59. The van der Waals surface area contributed by atoms with Crippen molar-refractivity contribution < 1.29 is 18.7 Å². The van der Waals surface area contributed by atoms with Crippen molar-refractivity contribution in [3.63, 3.8) is 0 Å². The molecule has 0 fully saturated rings. The molecule has 4 rings (SSSR count). The van der Waals surface area contributed by atoms with Crippen LogP contribution >= 0.6 is 11.3 Å². The fourth-order valence-electron chi connectivity index (χ4n) is 3.61. The van der Waals surface area contributed by atoms with E-state index in [-0.39, 0.29) is 24.9 Å². The van der Waals surface area contributed by atoms with Gasteiger partial charge in [0.15, 0.2) is 0 Å². The predicted octanol–water partition coefficient (Wildman–Crippen LogP) is 3.41. The highest BCUT2D eigenvalue weighted by atomic mass is 32.1. The number of furan rings is 1. The van der Waals surface area contributed by atoms with Crippen LogP contribution in [-0.2, 0) is 9.59 Å². The van der Waals surface area contributed by atoms with E-state index in [1.165, 1.54) is 5.01 Å². The lowest BCUT2D eigenvalue weighted by Crippen LogP contribution is -2.39. The summed E-state index contributed by atoms with van der Waals surface area (Å²) in [5, 5.41) is 8.13.